The van der Waals surface area contributed by atoms with E-state index in [1.165, 1.54) is 42.6 Å². The van der Waals surface area contributed by atoms with E-state index >= 15 is 0 Å². The molecule has 7 nitrogen and oxygen atoms in total. The second kappa shape index (κ2) is 12.1. The maximum Gasteiger partial charge on any atom is 0.273 e. The van der Waals surface area contributed by atoms with Crippen molar-refractivity contribution in [3.8, 4) is 5.75 Å². The Hall–Kier alpha value is -3.66. The summed E-state index contributed by atoms with van der Waals surface area (Å²) in [6, 6.07) is 27.1. The minimum Gasteiger partial charge on any atom is -0.488 e. The molecule has 0 saturated heterocycles. The molecule has 0 aromatic heterocycles. The summed E-state index contributed by atoms with van der Waals surface area (Å²) in [6.45, 7) is 0.367. The lowest BCUT2D eigenvalue weighted by molar-refractivity contribution is 0.0956. The molecule has 1 amide bonds. The lowest BCUT2D eigenvalue weighted by Gasteiger charge is -2.12. The third-order valence-corrected chi connectivity index (χ3v) is 7.30. The third-order valence-electron chi connectivity index (χ3n) is 5.14. The number of rotatable bonds is 9. The standard InChI is InChI=1S/C27H21BrClN3O4S/c28-21-11-9-19(10-12-21)18-36-26-8-4-1-5-20(26)17-30-31-27(33)24-6-2-3-7-25(24)32-37(34,35)23-15-13-22(29)14-16-23/h1-17,32H,18H2,(H,31,33)/b30-17-. The fourth-order valence-corrected chi connectivity index (χ4v) is 4.74. The number of hydrogen-bond donors (Lipinski definition) is 2. The fraction of sp³-hybridized carbons (Fsp3) is 0.0370. The number of ether oxygens (including phenoxy) is 1. The highest BCUT2D eigenvalue weighted by Crippen LogP contribution is 2.22. The second-order valence-electron chi connectivity index (χ2n) is 7.76. The number of nitrogens with zero attached hydrogens (tertiary/aromatic N) is 1. The van der Waals surface area contributed by atoms with E-state index in [4.69, 9.17) is 16.3 Å². The number of sulfonamides is 1. The highest BCUT2D eigenvalue weighted by molar-refractivity contribution is 9.10. The van der Waals surface area contributed by atoms with E-state index in [1.807, 2.05) is 42.5 Å². The number of benzene rings is 4. The molecule has 0 bridgehead atoms. The number of hydrogen-bond acceptors (Lipinski definition) is 5. The van der Waals surface area contributed by atoms with Gasteiger partial charge < -0.3 is 4.74 Å². The quantitative estimate of drug-likeness (QED) is 0.176. The smallest absolute Gasteiger partial charge is 0.273 e. The fourth-order valence-electron chi connectivity index (χ4n) is 3.27. The number of carbonyl (C=O) groups is 1. The molecular weight excluding hydrogens is 578 g/mol. The Morgan fingerprint density at radius 2 is 1.59 bits per heavy atom. The van der Waals surface area contributed by atoms with E-state index in [0.29, 0.717) is 22.9 Å². The molecule has 0 unspecified atom stereocenters. The summed E-state index contributed by atoms with van der Waals surface area (Å²) in [5.41, 5.74) is 4.33. The summed E-state index contributed by atoms with van der Waals surface area (Å²) < 4.78 is 34.9. The van der Waals surface area contributed by atoms with Crippen molar-refractivity contribution in [3.05, 3.63) is 123 Å². The molecule has 4 aromatic carbocycles. The summed E-state index contributed by atoms with van der Waals surface area (Å²) in [6.07, 6.45) is 1.47. The zero-order valence-corrected chi connectivity index (χ0v) is 22.4. The summed E-state index contributed by atoms with van der Waals surface area (Å²) in [7, 11) is -3.93. The molecule has 0 aliphatic rings. The molecule has 188 valence electrons. The van der Waals surface area contributed by atoms with Crippen molar-refractivity contribution in [2.24, 2.45) is 5.10 Å². The van der Waals surface area contributed by atoms with Crippen molar-refractivity contribution >= 4 is 55.4 Å². The molecule has 10 heteroatoms. The van der Waals surface area contributed by atoms with Crippen molar-refractivity contribution < 1.29 is 17.9 Å². The summed E-state index contributed by atoms with van der Waals surface area (Å²) in [5.74, 6) is 0.0125. The first-order valence-electron chi connectivity index (χ1n) is 11.0. The highest BCUT2D eigenvalue weighted by atomic mass is 79.9. The maximum atomic E-state index is 12.8. The first-order valence-corrected chi connectivity index (χ1v) is 13.6. The Morgan fingerprint density at radius 3 is 2.35 bits per heavy atom. The lowest BCUT2D eigenvalue weighted by atomic mass is 10.2. The normalized spacial score (nSPS) is 11.3. The minimum atomic E-state index is -3.93. The topological polar surface area (TPSA) is 96.9 Å². The Kier molecular flexibility index (Phi) is 8.60. The van der Waals surface area contributed by atoms with Crippen LogP contribution >= 0.6 is 27.5 Å². The van der Waals surface area contributed by atoms with E-state index < -0.39 is 15.9 Å². The van der Waals surface area contributed by atoms with Crippen LogP contribution in [0.2, 0.25) is 5.02 Å². The van der Waals surface area contributed by atoms with Gasteiger partial charge in [-0.3, -0.25) is 9.52 Å². The van der Waals surface area contributed by atoms with Crippen LogP contribution in [0.1, 0.15) is 21.5 Å². The molecule has 0 aliphatic carbocycles. The van der Waals surface area contributed by atoms with Crippen LogP contribution in [-0.4, -0.2) is 20.5 Å². The van der Waals surface area contributed by atoms with Crippen LogP contribution in [0.4, 0.5) is 5.69 Å². The van der Waals surface area contributed by atoms with Crippen LogP contribution in [0.5, 0.6) is 5.75 Å². The van der Waals surface area contributed by atoms with Gasteiger partial charge in [0.1, 0.15) is 12.4 Å². The first kappa shape index (κ1) is 26.4. The largest absolute Gasteiger partial charge is 0.488 e. The Balaban J connectivity index is 1.44. The molecule has 0 radical (unpaired) electrons. The van der Waals surface area contributed by atoms with Gasteiger partial charge in [-0.15, -0.1) is 0 Å². The predicted molar refractivity (Wildman–Crippen MR) is 149 cm³/mol. The predicted octanol–water partition coefficient (Wildman–Crippen LogP) is 6.25. The van der Waals surface area contributed by atoms with Gasteiger partial charge in [-0.2, -0.15) is 5.10 Å². The number of nitrogens with one attached hydrogen (secondary N) is 2. The number of carbonyl (C=O) groups excluding carboxylic acids is 1. The second-order valence-corrected chi connectivity index (χ2v) is 10.8. The average molecular weight is 599 g/mol. The van der Waals surface area contributed by atoms with Gasteiger partial charge in [-0.1, -0.05) is 63.9 Å². The molecule has 0 saturated carbocycles. The summed E-state index contributed by atoms with van der Waals surface area (Å²) >= 11 is 9.26. The van der Waals surface area contributed by atoms with E-state index in [9.17, 15) is 13.2 Å². The van der Waals surface area contributed by atoms with E-state index in [-0.39, 0.29) is 16.1 Å². The van der Waals surface area contributed by atoms with Crippen molar-refractivity contribution in [2.45, 2.75) is 11.5 Å². The van der Waals surface area contributed by atoms with Crippen LogP contribution in [0.3, 0.4) is 0 Å². The lowest BCUT2D eigenvalue weighted by Crippen LogP contribution is -2.21. The molecule has 0 heterocycles. The molecule has 0 atom stereocenters. The summed E-state index contributed by atoms with van der Waals surface area (Å²) in [4.78, 5) is 12.9. The number of amides is 1. The Morgan fingerprint density at radius 1 is 0.919 bits per heavy atom. The molecule has 0 spiro atoms. The molecule has 2 N–H and O–H groups in total. The van der Waals surface area contributed by atoms with Gasteiger partial charge in [-0.25, -0.2) is 13.8 Å². The van der Waals surface area contributed by atoms with Gasteiger partial charge in [0.05, 0.1) is 22.4 Å². The Labute approximate surface area is 228 Å². The number of anilines is 1. The van der Waals surface area contributed by atoms with Gasteiger partial charge in [0.15, 0.2) is 0 Å². The third kappa shape index (κ3) is 7.19. The molecular formula is C27H21BrClN3O4S. The molecule has 4 aromatic rings. The van der Waals surface area contributed by atoms with Crippen LogP contribution in [0.15, 0.2) is 112 Å². The zero-order valence-electron chi connectivity index (χ0n) is 19.3. The van der Waals surface area contributed by atoms with Crippen LogP contribution in [-0.2, 0) is 16.6 Å². The van der Waals surface area contributed by atoms with Crippen molar-refractivity contribution in [1.29, 1.82) is 0 Å². The van der Waals surface area contributed by atoms with Crippen molar-refractivity contribution in [3.63, 3.8) is 0 Å². The van der Waals surface area contributed by atoms with Gasteiger partial charge in [-0.05, 0) is 66.2 Å². The molecule has 0 fully saturated rings. The minimum absolute atomic E-state index is 0.0184. The number of para-hydroxylation sites is 2. The van der Waals surface area contributed by atoms with Gasteiger partial charge in [0, 0.05) is 15.1 Å². The van der Waals surface area contributed by atoms with Gasteiger partial charge in [0.2, 0.25) is 0 Å². The van der Waals surface area contributed by atoms with Gasteiger partial charge >= 0.3 is 0 Å². The number of halogens is 2. The molecule has 37 heavy (non-hydrogen) atoms. The van der Waals surface area contributed by atoms with E-state index in [1.54, 1.807) is 18.2 Å². The van der Waals surface area contributed by atoms with Crippen molar-refractivity contribution in [1.82, 2.24) is 5.43 Å². The maximum absolute atomic E-state index is 12.8. The average Bonchev–Trinajstić information content (AvgIpc) is 2.89. The van der Waals surface area contributed by atoms with Crippen LogP contribution in [0, 0.1) is 0 Å². The van der Waals surface area contributed by atoms with E-state index in [0.717, 1.165) is 10.0 Å². The van der Waals surface area contributed by atoms with Gasteiger partial charge in [0.25, 0.3) is 15.9 Å². The first-order chi connectivity index (χ1) is 17.8. The highest BCUT2D eigenvalue weighted by Gasteiger charge is 2.18. The zero-order chi connectivity index (χ0) is 26.3. The number of hydrazone groups is 1. The van der Waals surface area contributed by atoms with Crippen molar-refractivity contribution in [2.75, 3.05) is 4.72 Å². The SMILES string of the molecule is O=C(N/N=C\c1ccccc1OCc1ccc(Br)cc1)c1ccccc1NS(=O)(=O)c1ccc(Cl)cc1. The van der Waals surface area contributed by atoms with Crippen LogP contribution in [0.25, 0.3) is 0 Å². The Bertz CT molecular complexity index is 1530. The summed E-state index contributed by atoms with van der Waals surface area (Å²) in [5, 5.41) is 4.46. The molecule has 4 rings (SSSR count). The van der Waals surface area contributed by atoms with Crippen LogP contribution < -0.4 is 14.9 Å². The monoisotopic (exact) mass is 597 g/mol. The molecule has 0 aliphatic heterocycles. The van der Waals surface area contributed by atoms with E-state index in [2.05, 4.69) is 31.2 Å².